The molecule has 0 aliphatic carbocycles. The van der Waals surface area contributed by atoms with Gasteiger partial charge in [0.2, 0.25) is 5.91 Å². The normalized spacial score (nSPS) is 24.4. The van der Waals surface area contributed by atoms with Crippen molar-refractivity contribution < 1.29 is 23.9 Å². The quantitative estimate of drug-likeness (QED) is 0.557. The molecule has 4 saturated heterocycles. The summed E-state index contributed by atoms with van der Waals surface area (Å²) in [6.07, 6.45) is 1.01. The monoisotopic (exact) mass is 554 g/mol. The number of carbonyl (C=O) groups is 4. The van der Waals surface area contributed by atoms with E-state index in [1.165, 1.54) is 0 Å². The number of Topliss-reactive ketones (excluding diaryl/α,β-unsaturated/α-hetero) is 1. The first kappa shape index (κ1) is 28.4. The lowest BCUT2D eigenvalue weighted by Crippen LogP contribution is -2.53. The fourth-order valence-electron chi connectivity index (χ4n) is 6.29. The minimum Gasteiger partial charge on any atom is -0.378 e. The van der Waals surface area contributed by atoms with Crippen LogP contribution in [0.5, 0.6) is 0 Å². The summed E-state index contributed by atoms with van der Waals surface area (Å²) in [5.74, 6) is -0.517. The second-order valence-corrected chi connectivity index (χ2v) is 11.8. The number of nitrogens with zero attached hydrogens (tertiary/aromatic N) is 5. The molecule has 0 aromatic heterocycles. The van der Waals surface area contributed by atoms with Gasteiger partial charge in [-0.25, -0.2) is 4.79 Å². The predicted octanol–water partition coefficient (Wildman–Crippen LogP) is 0.889. The number of amides is 4. The highest BCUT2D eigenvalue weighted by molar-refractivity contribution is 6.00. The van der Waals surface area contributed by atoms with Crippen LogP contribution in [0.4, 0.5) is 10.5 Å². The third-order valence-electron chi connectivity index (χ3n) is 8.54. The number of hydrogen-bond donors (Lipinski definition) is 1. The van der Waals surface area contributed by atoms with Crippen LogP contribution in [-0.4, -0.2) is 134 Å². The lowest BCUT2D eigenvalue weighted by atomic mass is 10.0. The van der Waals surface area contributed by atoms with Crippen LogP contribution in [-0.2, 0) is 14.3 Å². The number of piperazine rings is 1. The van der Waals surface area contributed by atoms with Crippen molar-refractivity contribution in [2.75, 3.05) is 77.5 Å². The third-order valence-corrected chi connectivity index (χ3v) is 8.54. The predicted molar refractivity (Wildman–Crippen MR) is 150 cm³/mol. The minimum absolute atomic E-state index is 0.0101. The van der Waals surface area contributed by atoms with Crippen LogP contribution >= 0.6 is 0 Å². The molecular weight excluding hydrogens is 512 g/mol. The molecule has 0 radical (unpaired) electrons. The van der Waals surface area contributed by atoms with Gasteiger partial charge in [0.1, 0.15) is 12.1 Å². The van der Waals surface area contributed by atoms with Crippen LogP contribution in [0.2, 0.25) is 0 Å². The number of ketones is 1. The van der Waals surface area contributed by atoms with E-state index < -0.39 is 12.1 Å². The summed E-state index contributed by atoms with van der Waals surface area (Å²) < 4.78 is 5.36. The Balaban J connectivity index is 1.25. The summed E-state index contributed by atoms with van der Waals surface area (Å²) in [5, 5.41) is 2.96. The molecule has 40 heavy (non-hydrogen) atoms. The molecule has 3 unspecified atom stereocenters. The van der Waals surface area contributed by atoms with Crippen molar-refractivity contribution in [3.05, 3.63) is 29.8 Å². The van der Waals surface area contributed by atoms with E-state index >= 15 is 0 Å². The Morgan fingerprint density at radius 1 is 0.950 bits per heavy atom. The number of morpholine rings is 1. The highest BCUT2D eigenvalue weighted by atomic mass is 16.5. The SMILES string of the molecule is CC(C)CC(NC(=O)c1ccc(N2CCN(C)CC2)cc1)C(=O)N1CCC2C1C(=O)CN2C(=O)N1CCOCC1. The molecule has 218 valence electrons. The Labute approximate surface area is 236 Å². The largest absolute Gasteiger partial charge is 0.378 e. The van der Waals surface area contributed by atoms with E-state index in [2.05, 4.69) is 22.2 Å². The topological polar surface area (TPSA) is 106 Å². The van der Waals surface area contributed by atoms with Crippen molar-refractivity contribution in [3.63, 3.8) is 0 Å². The smallest absolute Gasteiger partial charge is 0.320 e. The molecule has 4 aliphatic rings. The van der Waals surface area contributed by atoms with E-state index in [1.54, 1.807) is 26.8 Å². The molecule has 11 heteroatoms. The lowest BCUT2D eigenvalue weighted by Gasteiger charge is -2.34. The van der Waals surface area contributed by atoms with Crippen LogP contribution in [0.15, 0.2) is 24.3 Å². The Hall–Kier alpha value is -3.18. The van der Waals surface area contributed by atoms with E-state index in [9.17, 15) is 19.2 Å². The number of carbonyl (C=O) groups excluding carboxylic acids is 4. The van der Waals surface area contributed by atoms with Crippen molar-refractivity contribution in [1.29, 1.82) is 0 Å². The number of benzene rings is 1. The van der Waals surface area contributed by atoms with Crippen LogP contribution in [0.25, 0.3) is 0 Å². The van der Waals surface area contributed by atoms with Gasteiger partial charge in [-0.1, -0.05) is 13.8 Å². The van der Waals surface area contributed by atoms with E-state index in [0.29, 0.717) is 51.3 Å². The van der Waals surface area contributed by atoms with Gasteiger partial charge in [0, 0.05) is 57.1 Å². The van der Waals surface area contributed by atoms with Gasteiger partial charge in [0.15, 0.2) is 5.78 Å². The molecule has 5 rings (SSSR count). The Morgan fingerprint density at radius 3 is 2.27 bits per heavy atom. The zero-order chi connectivity index (χ0) is 28.4. The second kappa shape index (κ2) is 12.1. The van der Waals surface area contributed by atoms with Crippen molar-refractivity contribution in [2.24, 2.45) is 5.92 Å². The molecule has 4 fully saturated rings. The Morgan fingerprint density at radius 2 is 1.62 bits per heavy atom. The van der Waals surface area contributed by atoms with Gasteiger partial charge >= 0.3 is 6.03 Å². The standard InChI is InChI=1S/C29H42N6O5/c1-20(2)18-23(30-27(37)21-4-6-22(7-5-21)32-12-10-31(3)11-13-32)28(38)34-9-8-24-26(34)25(36)19-35(24)29(39)33-14-16-40-17-15-33/h4-7,20,23-24,26H,8-19H2,1-3H3,(H,30,37). The maximum atomic E-state index is 13.8. The molecular formula is C29H42N6O5. The number of nitrogens with one attached hydrogen (secondary N) is 1. The number of urea groups is 1. The van der Waals surface area contributed by atoms with E-state index in [4.69, 9.17) is 4.74 Å². The van der Waals surface area contributed by atoms with Crippen LogP contribution in [0.1, 0.15) is 37.0 Å². The van der Waals surface area contributed by atoms with Gasteiger partial charge in [-0.05, 0) is 50.1 Å². The average Bonchev–Trinajstić information content (AvgIpc) is 3.54. The summed E-state index contributed by atoms with van der Waals surface area (Å²) in [4.78, 5) is 62.9. The van der Waals surface area contributed by atoms with E-state index in [1.807, 2.05) is 26.0 Å². The summed E-state index contributed by atoms with van der Waals surface area (Å²) >= 11 is 0. The molecule has 0 saturated carbocycles. The number of hydrogen-bond acceptors (Lipinski definition) is 7. The summed E-state index contributed by atoms with van der Waals surface area (Å²) in [6.45, 7) is 10.3. The van der Waals surface area contributed by atoms with Gasteiger partial charge in [-0.15, -0.1) is 0 Å². The number of ether oxygens (including phenoxy) is 1. The molecule has 1 aromatic carbocycles. The summed E-state index contributed by atoms with van der Waals surface area (Å²) in [7, 11) is 2.12. The molecule has 3 atom stereocenters. The molecule has 0 spiro atoms. The van der Waals surface area contributed by atoms with E-state index in [-0.39, 0.29) is 42.1 Å². The van der Waals surface area contributed by atoms with Gasteiger partial charge in [0.25, 0.3) is 5.91 Å². The maximum absolute atomic E-state index is 13.8. The van der Waals surface area contributed by atoms with Crippen LogP contribution < -0.4 is 10.2 Å². The van der Waals surface area contributed by atoms with E-state index in [0.717, 1.165) is 31.9 Å². The molecule has 11 nitrogen and oxygen atoms in total. The molecule has 1 N–H and O–H groups in total. The zero-order valence-electron chi connectivity index (χ0n) is 23.9. The lowest BCUT2D eigenvalue weighted by molar-refractivity contribution is -0.138. The number of likely N-dealkylation sites (tertiary alicyclic amines) is 2. The molecule has 4 amide bonds. The Bertz CT molecular complexity index is 1100. The van der Waals surface area contributed by atoms with Gasteiger partial charge < -0.3 is 34.6 Å². The molecule has 4 heterocycles. The fourth-order valence-corrected chi connectivity index (χ4v) is 6.29. The molecule has 0 bridgehead atoms. The first-order valence-corrected chi connectivity index (χ1v) is 14.5. The number of rotatable bonds is 6. The highest BCUT2D eigenvalue weighted by Crippen LogP contribution is 2.31. The zero-order valence-corrected chi connectivity index (χ0v) is 23.9. The number of likely N-dealkylation sites (N-methyl/N-ethyl adjacent to an activating group) is 1. The van der Waals surface area contributed by atoms with Crippen LogP contribution in [0.3, 0.4) is 0 Å². The minimum atomic E-state index is -0.750. The van der Waals surface area contributed by atoms with Crippen LogP contribution in [0, 0.1) is 5.92 Å². The number of fused-ring (bicyclic) bond motifs is 1. The molecule has 4 aliphatic heterocycles. The first-order chi connectivity index (χ1) is 19.2. The highest BCUT2D eigenvalue weighted by Gasteiger charge is 2.53. The third kappa shape index (κ3) is 5.95. The maximum Gasteiger partial charge on any atom is 0.320 e. The van der Waals surface area contributed by atoms with Crippen molar-refractivity contribution >= 4 is 29.3 Å². The van der Waals surface area contributed by atoms with Crippen molar-refractivity contribution in [3.8, 4) is 0 Å². The van der Waals surface area contributed by atoms with Gasteiger partial charge in [-0.3, -0.25) is 14.4 Å². The van der Waals surface area contributed by atoms with Gasteiger partial charge in [0.05, 0.1) is 25.8 Å². The summed E-state index contributed by atoms with van der Waals surface area (Å²) in [5.41, 5.74) is 1.58. The molecule has 1 aromatic rings. The summed E-state index contributed by atoms with van der Waals surface area (Å²) in [6, 6.07) is 5.63. The van der Waals surface area contributed by atoms with Crippen molar-refractivity contribution in [2.45, 2.75) is 44.8 Å². The first-order valence-electron chi connectivity index (χ1n) is 14.5. The average molecular weight is 555 g/mol. The number of anilines is 1. The fraction of sp³-hybridized carbons (Fsp3) is 0.655. The van der Waals surface area contributed by atoms with Gasteiger partial charge in [-0.2, -0.15) is 0 Å². The Kier molecular flexibility index (Phi) is 8.60. The second-order valence-electron chi connectivity index (χ2n) is 11.8. The van der Waals surface area contributed by atoms with Crippen molar-refractivity contribution in [1.82, 2.24) is 24.9 Å².